The predicted molar refractivity (Wildman–Crippen MR) is 209 cm³/mol. The zero-order valence-corrected chi connectivity index (χ0v) is 34.9. The second-order valence-corrected chi connectivity index (χ2v) is 16.1. The van der Waals surface area contributed by atoms with Gasteiger partial charge in [-0.3, -0.25) is 4.79 Å². The van der Waals surface area contributed by atoms with Crippen molar-refractivity contribution in [2.75, 3.05) is 41.7 Å². The van der Waals surface area contributed by atoms with Gasteiger partial charge in [0.1, 0.15) is 32.6 Å². The van der Waals surface area contributed by atoms with Crippen LogP contribution >= 0.6 is 0 Å². The molecule has 3 saturated heterocycles. The van der Waals surface area contributed by atoms with Crippen molar-refractivity contribution >= 4 is 5.97 Å². The Bertz CT molecular complexity index is 924. The Balaban J connectivity index is 1.34. The molecule has 11 nitrogen and oxygen atoms in total. The van der Waals surface area contributed by atoms with Crippen molar-refractivity contribution in [2.24, 2.45) is 5.92 Å². The van der Waals surface area contributed by atoms with Crippen molar-refractivity contribution in [1.82, 2.24) is 0 Å². The summed E-state index contributed by atoms with van der Waals surface area (Å²) in [6.45, 7) is 4.90. The maximum Gasteiger partial charge on any atom is 0.312 e. The van der Waals surface area contributed by atoms with Crippen LogP contribution < -0.4 is 0 Å². The average Bonchev–Trinajstić information content (AvgIpc) is 3.92. The van der Waals surface area contributed by atoms with Gasteiger partial charge in [0, 0.05) is 21.3 Å². The van der Waals surface area contributed by atoms with Crippen LogP contribution in [-0.4, -0.2) is 108 Å². The van der Waals surface area contributed by atoms with Crippen LogP contribution in [0.1, 0.15) is 168 Å². The monoisotopic (exact) mass is 773 g/mol. The number of cyclic esters (lactones) is 1. The van der Waals surface area contributed by atoms with E-state index >= 15 is 0 Å². The van der Waals surface area contributed by atoms with Crippen LogP contribution in [-0.2, 0) is 47.4 Å². The van der Waals surface area contributed by atoms with Crippen LogP contribution in [0.15, 0.2) is 0 Å². The third kappa shape index (κ3) is 18.1. The molecule has 0 radical (unpaired) electrons. The zero-order valence-electron chi connectivity index (χ0n) is 34.9. The van der Waals surface area contributed by atoms with E-state index in [1.54, 1.807) is 28.3 Å². The lowest BCUT2D eigenvalue weighted by molar-refractivity contribution is -0.158. The summed E-state index contributed by atoms with van der Waals surface area (Å²) < 4.78 is 52.7. The molecule has 3 aliphatic rings. The first-order valence-corrected chi connectivity index (χ1v) is 21.9. The quantitative estimate of drug-likeness (QED) is 0.0384. The number of carbonyl (C=O) groups is 1. The summed E-state index contributed by atoms with van der Waals surface area (Å²) >= 11 is 0. The van der Waals surface area contributed by atoms with Crippen LogP contribution in [0.3, 0.4) is 0 Å². The molecule has 3 fully saturated rings. The number of aliphatic hydroxyl groups excluding tert-OH is 1. The maximum absolute atomic E-state index is 11.9. The summed E-state index contributed by atoms with van der Waals surface area (Å²) in [6, 6.07) is 0. The topological polar surface area (TPSA) is 120 Å². The van der Waals surface area contributed by atoms with Gasteiger partial charge in [-0.1, -0.05) is 103 Å². The van der Waals surface area contributed by atoms with Crippen molar-refractivity contribution in [3.63, 3.8) is 0 Å². The van der Waals surface area contributed by atoms with Crippen molar-refractivity contribution < 1.29 is 52.5 Å². The fraction of sp³-hybridized carbons (Fsp3) is 0.977. The molecule has 1 N–H and O–H groups in total. The van der Waals surface area contributed by atoms with Gasteiger partial charge in [-0.2, -0.15) is 0 Å². The summed E-state index contributed by atoms with van der Waals surface area (Å²) in [6.07, 6.45) is 25.9. The fourth-order valence-electron chi connectivity index (χ4n) is 8.57. The van der Waals surface area contributed by atoms with Crippen LogP contribution in [0.4, 0.5) is 0 Å². The third-order valence-electron chi connectivity index (χ3n) is 11.8. The summed E-state index contributed by atoms with van der Waals surface area (Å²) in [7, 11) is 5.03. The Kier molecular flexibility index (Phi) is 25.8. The van der Waals surface area contributed by atoms with Crippen LogP contribution in [0.25, 0.3) is 0 Å². The van der Waals surface area contributed by atoms with Gasteiger partial charge in [0.05, 0.1) is 48.6 Å². The second kappa shape index (κ2) is 29.3. The summed E-state index contributed by atoms with van der Waals surface area (Å²) in [5, 5.41) is 10.2. The number of unbranched alkanes of at least 4 members (excludes halogenated alkanes) is 12. The Morgan fingerprint density at radius 3 is 1.56 bits per heavy atom. The molecule has 11 heteroatoms. The summed E-state index contributed by atoms with van der Waals surface area (Å²) in [5.74, 6) is -0.615. The van der Waals surface area contributed by atoms with Gasteiger partial charge in [-0.05, 0) is 64.7 Å². The lowest BCUT2D eigenvalue weighted by Gasteiger charge is -2.27. The van der Waals surface area contributed by atoms with E-state index in [1.807, 2.05) is 0 Å². The van der Waals surface area contributed by atoms with E-state index in [0.717, 1.165) is 96.3 Å². The van der Waals surface area contributed by atoms with E-state index in [9.17, 15) is 9.90 Å². The number of rotatable bonds is 34. The summed E-state index contributed by atoms with van der Waals surface area (Å²) in [4.78, 5) is 11.9. The molecule has 0 aromatic rings. The molecule has 54 heavy (non-hydrogen) atoms. The molecule has 0 spiro atoms. The molecule has 318 valence electrons. The van der Waals surface area contributed by atoms with E-state index < -0.39 is 6.10 Å². The van der Waals surface area contributed by atoms with Gasteiger partial charge in [-0.15, -0.1) is 0 Å². The summed E-state index contributed by atoms with van der Waals surface area (Å²) in [5.41, 5.74) is 0. The normalized spacial score (nSPS) is 27.4. The van der Waals surface area contributed by atoms with Gasteiger partial charge in [0.2, 0.25) is 0 Å². The van der Waals surface area contributed by atoms with Gasteiger partial charge in [0.15, 0.2) is 0 Å². The average molecular weight is 773 g/mol. The molecule has 3 aliphatic heterocycles. The van der Waals surface area contributed by atoms with E-state index in [1.165, 1.54) is 51.4 Å². The number of ether oxygens (including phenoxy) is 9. The number of hydrogen-bond acceptors (Lipinski definition) is 11. The highest BCUT2D eigenvalue weighted by molar-refractivity contribution is 5.75. The number of aliphatic hydroxyl groups is 1. The molecule has 2 unspecified atom stereocenters. The first-order chi connectivity index (χ1) is 26.4. The fourth-order valence-corrected chi connectivity index (χ4v) is 8.57. The van der Waals surface area contributed by atoms with Crippen LogP contribution in [0.5, 0.6) is 0 Å². The second-order valence-electron chi connectivity index (χ2n) is 16.1. The maximum atomic E-state index is 11.9. The molecule has 0 saturated carbocycles. The lowest BCUT2D eigenvalue weighted by atomic mass is 9.94. The van der Waals surface area contributed by atoms with Gasteiger partial charge >= 0.3 is 5.97 Å². The van der Waals surface area contributed by atoms with E-state index in [-0.39, 0.29) is 67.5 Å². The highest BCUT2D eigenvalue weighted by Gasteiger charge is 2.42. The Morgan fingerprint density at radius 1 is 0.611 bits per heavy atom. The number of methoxy groups -OCH3 is 3. The Hall–Kier alpha value is -0.890. The largest absolute Gasteiger partial charge is 0.460 e. The number of esters is 1. The highest BCUT2D eigenvalue weighted by Crippen LogP contribution is 2.36. The van der Waals surface area contributed by atoms with Crippen molar-refractivity contribution in [1.29, 1.82) is 0 Å². The minimum Gasteiger partial charge on any atom is -0.460 e. The predicted octanol–water partition coefficient (Wildman–Crippen LogP) is 8.79. The van der Waals surface area contributed by atoms with E-state index in [0.29, 0.717) is 20.0 Å². The molecule has 10 atom stereocenters. The van der Waals surface area contributed by atoms with E-state index in [4.69, 9.17) is 42.6 Å². The molecular formula is C43H80O11. The number of carbonyl (C=O) groups excluding carboxylic acids is 1. The molecule has 0 amide bonds. The minimum atomic E-state index is -0.671. The van der Waals surface area contributed by atoms with Crippen molar-refractivity contribution in [2.45, 2.75) is 223 Å². The van der Waals surface area contributed by atoms with Gasteiger partial charge in [0.25, 0.3) is 0 Å². The molecule has 0 bridgehead atoms. The SMILES string of the molecule is CCCCCCCCCC[C@@H](OCOC)[C@H]1CC[C@H]([C@H]2CC[C@H]([C@@H](CCCC[C@H](CCCCCCCC3C(=O)O[C@@H](C)C3O)OCOC)OCOC)O2)O1. The molecule has 0 aromatic carbocycles. The molecule has 3 heterocycles. The molecule has 0 aliphatic carbocycles. The third-order valence-corrected chi connectivity index (χ3v) is 11.8. The Labute approximate surface area is 328 Å². The van der Waals surface area contributed by atoms with Gasteiger partial charge < -0.3 is 47.7 Å². The molecule has 3 rings (SSSR count). The zero-order chi connectivity index (χ0) is 38.8. The van der Waals surface area contributed by atoms with Crippen LogP contribution in [0.2, 0.25) is 0 Å². The Morgan fingerprint density at radius 2 is 1.06 bits per heavy atom. The smallest absolute Gasteiger partial charge is 0.312 e. The minimum absolute atomic E-state index is 0.0133. The van der Waals surface area contributed by atoms with Crippen molar-refractivity contribution in [3.05, 3.63) is 0 Å². The highest BCUT2D eigenvalue weighted by atomic mass is 16.7. The first-order valence-electron chi connectivity index (χ1n) is 21.9. The standard InChI is InChI=1S/C43H80O11/c1-6-7-8-9-10-11-15-18-24-36(50-31-47-4)38-26-28-40(53-38)41-29-27-39(54-41)37(51-32-48-5)25-20-19-22-34(49-30-46-3)21-16-13-12-14-17-23-35-42(44)33(2)52-43(35)45/h33-42,44H,6-32H2,1-5H3/t33-,34-,35?,36+,37+,38+,39+,40+,41+,42?/m0/s1. The van der Waals surface area contributed by atoms with Crippen molar-refractivity contribution in [3.8, 4) is 0 Å². The van der Waals surface area contributed by atoms with Crippen LogP contribution in [0, 0.1) is 5.92 Å². The lowest BCUT2D eigenvalue weighted by Crippen LogP contribution is -2.35. The number of hydrogen-bond donors (Lipinski definition) is 1. The van der Waals surface area contributed by atoms with E-state index in [2.05, 4.69) is 6.92 Å². The first kappa shape index (κ1) is 47.5. The molecular weight excluding hydrogens is 692 g/mol. The van der Waals surface area contributed by atoms with Gasteiger partial charge in [-0.25, -0.2) is 0 Å². The molecule has 0 aromatic heterocycles.